The smallest absolute Gasteiger partial charge is 0.271 e. The summed E-state index contributed by atoms with van der Waals surface area (Å²) in [7, 11) is 1.60. The van der Waals surface area contributed by atoms with Crippen LogP contribution in [0.15, 0.2) is 53.6 Å². The van der Waals surface area contributed by atoms with Crippen molar-refractivity contribution >= 4 is 34.7 Å². The molecule has 108 valence electrons. The molecule has 0 saturated carbocycles. The third kappa shape index (κ3) is 4.56. The number of ether oxygens (including phenoxy) is 1. The lowest BCUT2D eigenvalue weighted by Crippen LogP contribution is -2.17. The molecular formula is C16H15IN2O2. The van der Waals surface area contributed by atoms with Gasteiger partial charge in [-0.1, -0.05) is 30.3 Å². The van der Waals surface area contributed by atoms with Crippen molar-refractivity contribution in [2.45, 2.75) is 6.42 Å². The average Bonchev–Trinajstić information content (AvgIpc) is 2.52. The van der Waals surface area contributed by atoms with E-state index in [9.17, 15) is 4.79 Å². The fraction of sp³-hybridized carbons (Fsp3) is 0.125. The number of hydrogen-bond acceptors (Lipinski definition) is 3. The highest BCUT2D eigenvalue weighted by Crippen LogP contribution is 2.21. The van der Waals surface area contributed by atoms with Gasteiger partial charge in [-0.05, 0) is 46.4 Å². The number of nitrogens with one attached hydrogen (secondary N) is 1. The second-order valence-corrected chi connectivity index (χ2v) is 5.45. The summed E-state index contributed by atoms with van der Waals surface area (Å²) in [5.74, 6) is 0.514. The van der Waals surface area contributed by atoms with Gasteiger partial charge in [-0.3, -0.25) is 4.79 Å². The van der Waals surface area contributed by atoms with Gasteiger partial charge in [-0.25, -0.2) is 5.43 Å². The lowest BCUT2D eigenvalue weighted by Gasteiger charge is -2.05. The first kappa shape index (κ1) is 15.5. The molecule has 5 heteroatoms. The number of nitrogens with zero attached hydrogens (tertiary/aromatic N) is 1. The topological polar surface area (TPSA) is 50.7 Å². The predicted molar refractivity (Wildman–Crippen MR) is 91.8 cm³/mol. The van der Waals surface area contributed by atoms with Crippen LogP contribution in [0.1, 0.15) is 15.9 Å². The lowest BCUT2D eigenvalue weighted by atomic mass is 10.2. The monoisotopic (exact) mass is 394 g/mol. The molecule has 0 radical (unpaired) electrons. The van der Waals surface area contributed by atoms with Gasteiger partial charge in [0.1, 0.15) is 5.75 Å². The van der Waals surface area contributed by atoms with Gasteiger partial charge in [0.05, 0.1) is 10.7 Å². The van der Waals surface area contributed by atoms with E-state index in [2.05, 4.69) is 33.1 Å². The van der Waals surface area contributed by atoms with E-state index >= 15 is 0 Å². The predicted octanol–water partition coefficient (Wildman–Crippen LogP) is 3.26. The highest BCUT2D eigenvalue weighted by Gasteiger charge is 2.07. The van der Waals surface area contributed by atoms with Crippen LogP contribution in [0.5, 0.6) is 5.75 Å². The molecule has 0 aromatic heterocycles. The van der Waals surface area contributed by atoms with E-state index in [0.29, 0.717) is 12.0 Å². The van der Waals surface area contributed by atoms with Gasteiger partial charge >= 0.3 is 0 Å². The maximum Gasteiger partial charge on any atom is 0.271 e. The van der Waals surface area contributed by atoms with E-state index in [1.54, 1.807) is 31.5 Å². The second kappa shape index (κ2) is 7.78. The Bertz CT molecular complexity index is 642. The second-order valence-electron chi connectivity index (χ2n) is 4.29. The van der Waals surface area contributed by atoms with Crippen LogP contribution in [0.4, 0.5) is 0 Å². The fourth-order valence-corrected chi connectivity index (χ4v) is 2.48. The van der Waals surface area contributed by atoms with Crippen LogP contribution in [0.3, 0.4) is 0 Å². The van der Waals surface area contributed by atoms with E-state index in [4.69, 9.17) is 4.74 Å². The molecule has 1 amide bonds. The van der Waals surface area contributed by atoms with E-state index in [1.807, 2.05) is 30.3 Å². The Kier molecular flexibility index (Phi) is 5.74. The number of halogens is 1. The maximum atomic E-state index is 11.9. The Morgan fingerprint density at radius 1 is 1.29 bits per heavy atom. The number of hydrazone groups is 1. The van der Waals surface area contributed by atoms with Gasteiger partial charge < -0.3 is 4.74 Å². The molecule has 0 spiro atoms. The standard InChI is InChI=1S/C16H15IN2O2/c1-21-15-8-7-13(11-14(15)17)16(20)19-18-10-9-12-5-3-2-4-6-12/h2-8,10-11H,9H2,1H3,(H,19,20)/b18-10+. The molecule has 4 nitrogen and oxygen atoms in total. The highest BCUT2D eigenvalue weighted by molar-refractivity contribution is 14.1. The number of benzene rings is 2. The largest absolute Gasteiger partial charge is 0.496 e. The van der Waals surface area contributed by atoms with Gasteiger partial charge in [-0.15, -0.1) is 0 Å². The van der Waals surface area contributed by atoms with Crippen molar-refractivity contribution in [1.29, 1.82) is 0 Å². The molecule has 0 unspecified atom stereocenters. The summed E-state index contributed by atoms with van der Waals surface area (Å²) in [6.07, 6.45) is 2.36. The molecule has 0 saturated heterocycles. The summed E-state index contributed by atoms with van der Waals surface area (Å²) in [6, 6.07) is 15.2. The van der Waals surface area contributed by atoms with E-state index in [1.165, 1.54) is 0 Å². The Morgan fingerprint density at radius 3 is 2.71 bits per heavy atom. The zero-order valence-electron chi connectivity index (χ0n) is 11.5. The Morgan fingerprint density at radius 2 is 2.05 bits per heavy atom. The molecule has 0 aliphatic rings. The molecule has 0 aliphatic carbocycles. The van der Waals surface area contributed by atoms with Crippen molar-refractivity contribution in [3.05, 3.63) is 63.2 Å². The Hall–Kier alpha value is -1.89. The molecule has 2 rings (SSSR count). The molecule has 0 fully saturated rings. The van der Waals surface area contributed by atoms with Gasteiger partial charge in [0, 0.05) is 18.2 Å². The fourth-order valence-electron chi connectivity index (χ4n) is 1.74. The molecule has 0 aliphatic heterocycles. The average molecular weight is 394 g/mol. The van der Waals surface area contributed by atoms with Crippen LogP contribution in [-0.2, 0) is 6.42 Å². The number of carbonyl (C=O) groups excluding carboxylic acids is 1. The van der Waals surface area contributed by atoms with Gasteiger partial charge in [0.2, 0.25) is 0 Å². The van der Waals surface area contributed by atoms with Crippen molar-refractivity contribution in [3.8, 4) is 5.75 Å². The third-order valence-electron chi connectivity index (χ3n) is 2.84. The third-order valence-corrected chi connectivity index (χ3v) is 3.68. The molecule has 2 aromatic carbocycles. The molecule has 1 N–H and O–H groups in total. The summed E-state index contributed by atoms with van der Waals surface area (Å²) in [5, 5.41) is 3.96. The molecular weight excluding hydrogens is 379 g/mol. The van der Waals surface area contributed by atoms with Crippen molar-refractivity contribution in [2.75, 3.05) is 7.11 Å². The number of amides is 1. The minimum Gasteiger partial charge on any atom is -0.496 e. The van der Waals surface area contributed by atoms with Gasteiger partial charge in [0.15, 0.2) is 0 Å². The van der Waals surface area contributed by atoms with Crippen LogP contribution in [0, 0.1) is 3.57 Å². The van der Waals surface area contributed by atoms with Crippen molar-refractivity contribution in [3.63, 3.8) is 0 Å². The Labute approximate surface area is 137 Å². The van der Waals surface area contributed by atoms with Crippen LogP contribution in [-0.4, -0.2) is 19.2 Å². The number of rotatable bonds is 5. The van der Waals surface area contributed by atoms with E-state index in [-0.39, 0.29) is 5.91 Å². The number of methoxy groups -OCH3 is 1. The molecule has 0 bridgehead atoms. The van der Waals surface area contributed by atoms with E-state index < -0.39 is 0 Å². The van der Waals surface area contributed by atoms with Crippen LogP contribution in [0.25, 0.3) is 0 Å². The first-order chi connectivity index (χ1) is 10.2. The zero-order valence-corrected chi connectivity index (χ0v) is 13.7. The first-order valence-electron chi connectivity index (χ1n) is 6.40. The highest BCUT2D eigenvalue weighted by atomic mass is 127. The minimum absolute atomic E-state index is 0.236. The van der Waals surface area contributed by atoms with Crippen LogP contribution < -0.4 is 10.2 Å². The SMILES string of the molecule is COc1ccc(C(=O)N/N=C/Cc2ccccc2)cc1I. The number of hydrogen-bond donors (Lipinski definition) is 1. The van der Waals surface area contributed by atoms with Gasteiger partial charge in [0.25, 0.3) is 5.91 Å². The molecule has 21 heavy (non-hydrogen) atoms. The number of carbonyl (C=O) groups is 1. The van der Waals surface area contributed by atoms with E-state index in [0.717, 1.165) is 14.9 Å². The summed E-state index contributed by atoms with van der Waals surface area (Å²) in [5.41, 5.74) is 4.22. The Balaban J connectivity index is 1.91. The zero-order chi connectivity index (χ0) is 15.1. The van der Waals surface area contributed by atoms with Crippen LogP contribution >= 0.6 is 22.6 Å². The summed E-state index contributed by atoms with van der Waals surface area (Å²) < 4.78 is 6.04. The summed E-state index contributed by atoms with van der Waals surface area (Å²) >= 11 is 2.13. The molecule has 0 heterocycles. The van der Waals surface area contributed by atoms with Crippen molar-refractivity contribution < 1.29 is 9.53 Å². The quantitative estimate of drug-likeness (QED) is 0.481. The first-order valence-corrected chi connectivity index (χ1v) is 7.48. The lowest BCUT2D eigenvalue weighted by molar-refractivity contribution is 0.0955. The van der Waals surface area contributed by atoms with Gasteiger partial charge in [-0.2, -0.15) is 5.10 Å². The maximum absolute atomic E-state index is 11.9. The minimum atomic E-state index is -0.236. The van der Waals surface area contributed by atoms with Crippen molar-refractivity contribution in [1.82, 2.24) is 5.43 Å². The normalized spacial score (nSPS) is 10.6. The summed E-state index contributed by atoms with van der Waals surface area (Å²) in [4.78, 5) is 11.9. The molecule has 2 aromatic rings. The van der Waals surface area contributed by atoms with Crippen LogP contribution in [0.2, 0.25) is 0 Å². The van der Waals surface area contributed by atoms with Crippen molar-refractivity contribution in [2.24, 2.45) is 5.10 Å². The summed E-state index contributed by atoms with van der Waals surface area (Å²) in [6.45, 7) is 0. The molecule has 0 atom stereocenters.